The van der Waals surface area contributed by atoms with Crippen molar-refractivity contribution in [1.29, 1.82) is 0 Å². The summed E-state index contributed by atoms with van der Waals surface area (Å²) >= 11 is 0. The number of carbonyl (C=O) groups is 1. The van der Waals surface area contributed by atoms with Gasteiger partial charge in [-0.05, 0) is 24.1 Å². The number of nitrogens with one attached hydrogen (secondary N) is 1. The zero-order chi connectivity index (χ0) is 16.4. The van der Waals surface area contributed by atoms with Crippen LogP contribution in [0.25, 0.3) is 0 Å². The smallest absolute Gasteiger partial charge is 0.273 e. The summed E-state index contributed by atoms with van der Waals surface area (Å²) in [7, 11) is 0. The molecule has 23 heavy (non-hydrogen) atoms. The normalized spacial score (nSPS) is 21.7. The van der Waals surface area contributed by atoms with Gasteiger partial charge in [-0.1, -0.05) is 48.5 Å². The quantitative estimate of drug-likeness (QED) is 0.941. The number of anilines is 1. The fourth-order valence-electron chi connectivity index (χ4n) is 2.75. The summed E-state index contributed by atoms with van der Waals surface area (Å²) in [6.45, 7) is 0. The summed E-state index contributed by atoms with van der Waals surface area (Å²) < 4.78 is 40.0. The van der Waals surface area contributed by atoms with Crippen LogP contribution in [-0.4, -0.2) is 18.1 Å². The van der Waals surface area contributed by atoms with Gasteiger partial charge in [0.05, 0.1) is 11.6 Å². The standard InChI is InChI=1S/C17H15F3N2O/c18-17(19,20)15-14(11-12-7-3-1-4-8-12)16(23)22(21-15)13-9-5-2-6-10-13/h1-10,14-15,21H,11H2/t14-,15?/m0/s1. The number of nitrogens with zero attached hydrogens (tertiary/aromatic N) is 1. The third kappa shape index (κ3) is 3.22. The Hall–Kier alpha value is -2.34. The molecule has 120 valence electrons. The Bertz CT molecular complexity index is 673. The number of benzene rings is 2. The maximum absolute atomic E-state index is 13.3. The van der Waals surface area contributed by atoms with E-state index in [0.29, 0.717) is 11.3 Å². The van der Waals surface area contributed by atoms with Gasteiger partial charge in [-0.25, -0.2) is 10.4 Å². The molecule has 2 aromatic carbocycles. The number of carbonyl (C=O) groups excluding carboxylic acids is 1. The zero-order valence-electron chi connectivity index (χ0n) is 12.1. The third-order valence-electron chi connectivity index (χ3n) is 3.87. The van der Waals surface area contributed by atoms with Crippen LogP contribution in [0.5, 0.6) is 0 Å². The van der Waals surface area contributed by atoms with Crippen LogP contribution < -0.4 is 10.4 Å². The lowest BCUT2D eigenvalue weighted by molar-refractivity contribution is -0.163. The van der Waals surface area contributed by atoms with E-state index in [4.69, 9.17) is 0 Å². The van der Waals surface area contributed by atoms with Crippen molar-refractivity contribution >= 4 is 11.6 Å². The Labute approximate surface area is 131 Å². The molecule has 1 aliphatic rings. The molecule has 0 aromatic heterocycles. The minimum atomic E-state index is -4.50. The topological polar surface area (TPSA) is 32.3 Å². The Morgan fingerprint density at radius 1 is 0.957 bits per heavy atom. The second kappa shape index (κ2) is 6.04. The lowest BCUT2D eigenvalue weighted by Crippen LogP contribution is -2.45. The number of amides is 1. The maximum atomic E-state index is 13.3. The highest BCUT2D eigenvalue weighted by Gasteiger charge is 2.54. The van der Waals surface area contributed by atoms with Gasteiger partial charge in [-0.2, -0.15) is 13.2 Å². The molecule has 0 bridgehead atoms. The monoisotopic (exact) mass is 320 g/mol. The van der Waals surface area contributed by atoms with Gasteiger partial charge in [-0.15, -0.1) is 0 Å². The van der Waals surface area contributed by atoms with Crippen molar-refractivity contribution in [1.82, 2.24) is 5.43 Å². The molecule has 1 heterocycles. The molecule has 1 aliphatic heterocycles. The summed E-state index contributed by atoms with van der Waals surface area (Å²) in [4.78, 5) is 12.5. The SMILES string of the molecule is O=C1[C@@H](Cc2ccccc2)C(C(F)(F)F)NN1c1ccccc1. The average molecular weight is 320 g/mol. The first-order valence-corrected chi connectivity index (χ1v) is 7.22. The lowest BCUT2D eigenvalue weighted by atomic mass is 9.92. The van der Waals surface area contributed by atoms with Gasteiger partial charge in [0.1, 0.15) is 6.04 Å². The Morgan fingerprint density at radius 3 is 2.09 bits per heavy atom. The molecule has 0 aliphatic carbocycles. The highest BCUT2D eigenvalue weighted by molar-refractivity contribution is 5.97. The van der Waals surface area contributed by atoms with Crippen molar-refractivity contribution in [2.75, 3.05) is 5.01 Å². The Kier molecular flexibility index (Phi) is 4.09. The largest absolute Gasteiger partial charge is 0.406 e. The predicted octanol–water partition coefficient (Wildman–Crippen LogP) is 3.33. The second-order valence-electron chi connectivity index (χ2n) is 5.45. The average Bonchev–Trinajstić information content (AvgIpc) is 2.86. The van der Waals surface area contributed by atoms with E-state index in [0.717, 1.165) is 5.01 Å². The van der Waals surface area contributed by atoms with E-state index in [9.17, 15) is 18.0 Å². The molecule has 1 amide bonds. The molecule has 1 N–H and O–H groups in total. The molecular weight excluding hydrogens is 305 g/mol. The molecule has 1 unspecified atom stereocenters. The van der Waals surface area contributed by atoms with E-state index in [-0.39, 0.29) is 6.42 Å². The Morgan fingerprint density at radius 2 is 1.52 bits per heavy atom. The number of alkyl halides is 3. The van der Waals surface area contributed by atoms with E-state index in [1.54, 1.807) is 60.7 Å². The maximum Gasteiger partial charge on any atom is 0.406 e. The van der Waals surface area contributed by atoms with Gasteiger partial charge in [0.25, 0.3) is 0 Å². The predicted molar refractivity (Wildman–Crippen MR) is 80.5 cm³/mol. The van der Waals surface area contributed by atoms with Gasteiger partial charge >= 0.3 is 6.18 Å². The Balaban J connectivity index is 1.90. The van der Waals surface area contributed by atoms with Crippen LogP contribution in [-0.2, 0) is 11.2 Å². The van der Waals surface area contributed by atoms with Gasteiger partial charge in [0.15, 0.2) is 0 Å². The molecule has 2 aromatic rings. The zero-order valence-corrected chi connectivity index (χ0v) is 12.1. The van der Waals surface area contributed by atoms with Crippen molar-refractivity contribution in [3.05, 3.63) is 66.2 Å². The van der Waals surface area contributed by atoms with Gasteiger partial charge in [-0.3, -0.25) is 4.79 Å². The molecular formula is C17H15F3N2O. The van der Waals surface area contributed by atoms with E-state index in [2.05, 4.69) is 5.43 Å². The highest BCUT2D eigenvalue weighted by atomic mass is 19.4. The number of hydrogen-bond donors (Lipinski definition) is 1. The summed E-state index contributed by atoms with van der Waals surface area (Å²) in [6.07, 6.45) is -4.46. The molecule has 0 saturated carbocycles. The fraction of sp³-hybridized carbons (Fsp3) is 0.235. The second-order valence-corrected chi connectivity index (χ2v) is 5.45. The first-order chi connectivity index (χ1) is 11.0. The third-order valence-corrected chi connectivity index (χ3v) is 3.87. The summed E-state index contributed by atoms with van der Waals surface area (Å²) in [5.41, 5.74) is 3.44. The van der Waals surface area contributed by atoms with E-state index >= 15 is 0 Å². The van der Waals surface area contributed by atoms with Gasteiger partial charge in [0, 0.05) is 0 Å². The number of halogens is 3. The number of hydrazine groups is 1. The minimum absolute atomic E-state index is 0.0418. The van der Waals surface area contributed by atoms with E-state index in [1.165, 1.54) is 0 Å². The van der Waals surface area contributed by atoms with Crippen LogP contribution in [0.1, 0.15) is 5.56 Å². The summed E-state index contributed by atoms with van der Waals surface area (Å²) in [6, 6.07) is 15.1. The molecule has 6 heteroatoms. The summed E-state index contributed by atoms with van der Waals surface area (Å²) in [5, 5.41) is 1.01. The van der Waals surface area contributed by atoms with Crippen molar-refractivity contribution in [2.24, 2.45) is 5.92 Å². The number of hydrogen-bond acceptors (Lipinski definition) is 2. The van der Waals surface area contributed by atoms with Crippen LogP contribution in [0.15, 0.2) is 60.7 Å². The van der Waals surface area contributed by atoms with Crippen molar-refractivity contribution in [2.45, 2.75) is 18.6 Å². The fourth-order valence-corrected chi connectivity index (χ4v) is 2.75. The van der Waals surface area contributed by atoms with Crippen molar-refractivity contribution < 1.29 is 18.0 Å². The highest BCUT2D eigenvalue weighted by Crippen LogP contribution is 2.34. The van der Waals surface area contributed by atoms with Crippen LogP contribution >= 0.6 is 0 Å². The minimum Gasteiger partial charge on any atom is -0.273 e. The molecule has 2 atom stereocenters. The molecule has 0 radical (unpaired) electrons. The van der Waals surface area contributed by atoms with Crippen LogP contribution in [0.3, 0.4) is 0 Å². The van der Waals surface area contributed by atoms with Crippen LogP contribution in [0.2, 0.25) is 0 Å². The van der Waals surface area contributed by atoms with E-state index in [1.807, 2.05) is 0 Å². The van der Waals surface area contributed by atoms with Crippen molar-refractivity contribution in [3.8, 4) is 0 Å². The van der Waals surface area contributed by atoms with E-state index < -0.39 is 24.0 Å². The number of para-hydroxylation sites is 1. The molecule has 0 spiro atoms. The molecule has 3 nitrogen and oxygen atoms in total. The molecule has 3 rings (SSSR count). The van der Waals surface area contributed by atoms with Gasteiger partial charge < -0.3 is 0 Å². The first-order valence-electron chi connectivity index (χ1n) is 7.22. The summed E-state index contributed by atoms with van der Waals surface area (Å²) in [5.74, 6) is -1.75. The van der Waals surface area contributed by atoms with Gasteiger partial charge in [0.2, 0.25) is 5.91 Å². The van der Waals surface area contributed by atoms with Crippen molar-refractivity contribution in [3.63, 3.8) is 0 Å². The van der Waals surface area contributed by atoms with Crippen LogP contribution in [0.4, 0.5) is 18.9 Å². The molecule has 1 fully saturated rings. The first kappa shape index (κ1) is 15.6. The van der Waals surface area contributed by atoms with Crippen LogP contribution in [0, 0.1) is 5.92 Å². The lowest BCUT2D eigenvalue weighted by Gasteiger charge is -2.20. The molecule has 1 saturated heterocycles. The number of rotatable bonds is 3.